The zero-order valence-corrected chi connectivity index (χ0v) is 35.7. The van der Waals surface area contributed by atoms with Crippen LogP contribution in [0.15, 0.2) is 59.6 Å². The minimum atomic E-state index is -3.58. The summed E-state index contributed by atoms with van der Waals surface area (Å²) in [5, 5.41) is 9.41. The molecule has 310 valence electrons. The van der Waals surface area contributed by atoms with Crippen molar-refractivity contribution in [2.24, 2.45) is 0 Å². The highest BCUT2D eigenvalue weighted by Gasteiger charge is 2.36. The predicted molar refractivity (Wildman–Crippen MR) is 228 cm³/mol. The Kier molecular flexibility index (Phi) is 12.5. The van der Waals surface area contributed by atoms with Crippen molar-refractivity contribution < 1.29 is 22.3 Å². The lowest BCUT2D eigenvalue weighted by molar-refractivity contribution is 0.0674. The van der Waals surface area contributed by atoms with Crippen LogP contribution in [0.5, 0.6) is 5.75 Å². The number of fused-ring (bicyclic) bond motifs is 1. The summed E-state index contributed by atoms with van der Waals surface area (Å²) in [6.45, 7) is 13.5. The topological polar surface area (TPSA) is 132 Å². The Hall–Kier alpha value is -4.50. The Labute approximate surface area is 346 Å². The number of halogens is 2. The van der Waals surface area contributed by atoms with E-state index in [4.69, 9.17) is 16.3 Å². The number of piperidine rings is 2. The summed E-state index contributed by atoms with van der Waals surface area (Å²) in [4.78, 5) is 28.8. The fourth-order valence-electron chi connectivity index (χ4n) is 8.19. The van der Waals surface area contributed by atoms with Crippen LogP contribution in [-0.4, -0.2) is 90.8 Å². The number of ether oxygens (including phenoxy) is 1. The number of hydrogen-bond donors (Lipinski definition) is 3. The van der Waals surface area contributed by atoms with Crippen LogP contribution in [0.2, 0.25) is 5.02 Å². The highest BCUT2D eigenvalue weighted by Crippen LogP contribution is 2.38. The van der Waals surface area contributed by atoms with Crippen LogP contribution >= 0.6 is 11.6 Å². The van der Waals surface area contributed by atoms with Gasteiger partial charge in [0, 0.05) is 66.7 Å². The molecule has 3 aromatic carbocycles. The summed E-state index contributed by atoms with van der Waals surface area (Å²) in [5.74, 6) is 0.843. The number of anilines is 5. The van der Waals surface area contributed by atoms with Gasteiger partial charge in [0.2, 0.25) is 5.95 Å². The lowest BCUT2D eigenvalue weighted by atomic mass is 10.00. The van der Waals surface area contributed by atoms with Crippen LogP contribution in [0.25, 0.3) is 0 Å². The lowest BCUT2D eigenvalue weighted by Crippen LogP contribution is -2.46. The molecule has 15 heteroatoms. The first-order valence-corrected chi connectivity index (χ1v) is 22.1. The van der Waals surface area contributed by atoms with Gasteiger partial charge < -0.3 is 30.5 Å². The molecule has 12 nitrogen and oxygen atoms in total. The van der Waals surface area contributed by atoms with E-state index in [1.165, 1.54) is 6.20 Å². The molecule has 0 bridgehead atoms. The van der Waals surface area contributed by atoms with Gasteiger partial charge in [-0.15, -0.1) is 0 Å². The standard InChI is InChI=1S/C43H54ClFN8O4S/c1-26(2)57-38-21-37(28(5)20-36(38)49-43-47-23-34(44)41(50-43)48-35-11-7-8-12-39(35)58(55,56)27(3)4)52-18-15-30(16-19-52)51(6)24-29-13-14-32-33(40(29)45)25-53(42(32)54)31-10-9-17-46-22-31/h7-8,11-14,20-21,23,26-27,30-31,46H,9-10,15-19,22,24-25H2,1-6H3,(H2,47,48,49,50). The zero-order valence-electron chi connectivity index (χ0n) is 34.1. The van der Waals surface area contributed by atoms with Crippen LogP contribution in [0, 0.1) is 12.7 Å². The second kappa shape index (κ2) is 17.4. The maximum Gasteiger partial charge on any atom is 0.254 e. The molecule has 0 spiro atoms. The van der Waals surface area contributed by atoms with E-state index in [-0.39, 0.29) is 51.6 Å². The van der Waals surface area contributed by atoms with Gasteiger partial charge in [0.15, 0.2) is 15.7 Å². The van der Waals surface area contributed by atoms with Gasteiger partial charge in [-0.1, -0.05) is 29.8 Å². The molecular weight excluding hydrogens is 779 g/mol. The molecule has 1 unspecified atom stereocenters. The number of nitrogens with one attached hydrogen (secondary N) is 3. The normalized spacial score (nSPS) is 17.7. The molecule has 0 aliphatic carbocycles. The second-order valence-electron chi connectivity index (χ2n) is 16.2. The fraction of sp³-hybridized carbons (Fsp3) is 0.465. The average Bonchev–Trinajstić information content (AvgIpc) is 3.55. The van der Waals surface area contributed by atoms with Gasteiger partial charge in [0.1, 0.15) is 16.6 Å². The molecule has 2 fully saturated rings. The first kappa shape index (κ1) is 41.7. The van der Waals surface area contributed by atoms with Crippen LogP contribution in [0.4, 0.5) is 33.2 Å². The molecule has 0 saturated carbocycles. The summed E-state index contributed by atoms with van der Waals surface area (Å²) >= 11 is 6.51. The molecule has 3 aliphatic rings. The molecule has 7 rings (SSSR count). The molecule has 1 amide bonds. The van der Waals surface area contributed by atoms with E-state index in [1.807, 2.05) is 30.9 Å². The summed E-state index contributed by atoms with van der Waals surface area (Å²) in [7, 11) is -1.52. The van der Waals surface area contributed by atoms with Crippen LogP contribution < -0.4 is 25.6 Å². The Morgan fingerprint density at radius 3 is 2.52 bits per heavy atom. The SMILES string of the molecule is Cc1cc(Nc2ncc(Cl)c(Nc3ccccc3S(=O)(=O)C(C)C)n2)c(OC(C)C)cc1N1CCC(N(C)Cc2ccc3c(c2F)CN(C2CCCNC2)C3=O)CC1. The van der Waals surface area contributed by atoms with Gasteiger partial charge in [-0.05, 0) is 104 Å². The summed E-state index contributed by atoms with van der Waals surface area (Å²) in [6, 6.07) is 14.7. The molecule has 2 saturated heterocycles. The van der Waals surface area contributed by atoms with Gasteiger partial charge in [-0.25, -0.2) is 17.8 Å². The summed E-state index contributed by atoms with van der Waals surface area (Å²) in [5.41, 5.74) is 4.82. The predicted octanol–water partition coefficient (Wildman–Crippen LogP) is 7.84. The molecule has 1 aromatic heterocycles. The monoisotopic (exact) mass is 832 g/mol. The fourth-order valence-corrected chi connectivity index (χ4v) is 9.53. The Morgan fingerprint density at radius 2 is 1.81 bits per heavy atom. The first-order chi connectivity index (χ1) is 27.7. The maximum absolute atomic E-state index is 16.0. The minimum Gasteiger partial charge on any atom is -0.489 e. The molecular formula is C43H54ClFN8O4S. The van der Waals surface area contributed by atoms with Crippen LogP contribution in [-0.2, 0) is 22.9 Å². The number of nitrogens with zero attached hydrogens (tertiary/aromatic N) is 5. The van der Waals surface area contributed by atoms with E-state index in [0.717, 1.165) is 63.1 Å². The summed E-state index contributed by atoms with van der Waals surface area (Å²) < 4.78 is 48.5. The van der Waals surface area contributed by atoms with Crippen molar-refractivity contribution in [1.29, 1.82) is 0 Å². The zero-order chi connectivity index (χ0) is 41.3. The molecule has 1 atom stereocenters. The Bertz CT molecular complexity index is 2260. The molecule has 4 aromatic rings. The van der Waals surface area contributed by atoms with E-state index >= 15 is 4.39 Å². The molecule has 3 N–H and O–H groups in total. The average molecular weight is 833 g/mol. The second-order valence-corrected chi connectivity index (χ2v) is 19.0. The number of sulfone groups is 1. The third kappa shape index (κ3) is 8.75. The van der Waals surface area contributed by atoms with E-state index in [0.29, 0.717) is 46.9 Å². The van der Waals surface area contributed by atoms with Crippen molar-refractivity contribution >= 4 is 56.2 Å². The van der Waals surface area contributed by atoms with E-state index in [1.54, 1.807) is 44.2 Å². The molecule has 3 aliphatic heterocycles. The van der Waals surface area contributed by atoms with Crippen LogP contribution in [0.1, 0.15) is 80.4 Å². The molecule has 0 radical (unpaired) electrons. The van der Waals surface area contributed by atoms with E-state index < -0.39 is 15.1 Å². The lowest BCUT2D eigenvalue weighted by Gasteiger charge is -2.38. The van der Waals surface area contributed by atoms with Gasteiger partial charge >= 0.3 is 0 Å². The summed E-state index contributed by atoms with van der Waals surface area (Å²) in [6.07, 6.45) is 5.13. The van der Waals surface area contributed by atoms with Gasteiger partial charge in [0.05, 0.1) is 40.4 Å². The smallest absolute Gasteiger partial charge is 0.254 e. The van der Waals surface area contributed by atoms with Crippen molar-refractivity contribution in [1.82, 2.24) is 25.1 Å². The Morgan fingerprint density at radius 1 is 1.05 bits per heavy atom. The largest absolute Gasteiger partial charge is 0.489 e. The highest BCUT2D eigenvalue weighted by atomic mass is 35.5. The van der Waals surface area contributed by atoms with Crippen molar-refractivity contribution in [2.45, 2.75) is 102 Å². The van der Waals surface area contributed by atoms with Crippen molar-refractivity contribution in [3.05, 3.63) is 87.8 Å². The maximum atomic E-state index is 16.0. The number of amides is 1. The van der Waals surface area contributed by atoms with E-state index in [9.17, 15) is 13.2 Å². The van der Waals surface area contributed by atoms with Crippen molar-refractivity contribution in [3.63, 3.8) is 0 Å². The molecule has 58 heavy (non-hydrogen) atoms. The number of aryl methyl sites for hydroxylation is 1. The van der Waals surface area contributed by atoms with Crippen molar-refractivity contribution in [2.75, 3.05) is 48.8 Å². The third-order valence-corrected chi connectivity index (χ3v) is 13.9. The number of para-hydroxylation sites is 1. The Balaban J connectivity index is 1.02. The van der Waals surface area contributed by atoms with Crippen molar-refractivity contribution in [3.8, 4) is 5.75 Å². The van der Waals surface area contributed by atoms with Gasteiger partial charge in [-0.2, -0.15) is 4.98 Å². The van der Waals surface area contributed by atoms with Gasteiger partial charge in [0.25, 0.3) is 5.91 Å². The highest BCUT2D eigenvalue weighted by molar-refractivity contribution is 7.92. The number of benzene rings is 3. The number of carbonyl (C=O) groups excluding carboxylic acids is 1. The number of rotatable bonds is 13. The minimum absolute atomic E-state index is 0.0590. The molecule has 4 heterocycles. The number of hydrogen-bond acceptors (Lipinski definition) is 11. The third-order valence-electron chi connectivity index (χ3n) is 11.4. The number of carbonyl (C=O) groups is 1. The first-order valence-electron chi connectivity index (χ1n) is 20.2. The quantitative estimate of drug-likeness (QED) is 0.122. The van der Waals surface area contributed by atoms with E-state index in [2.05, 4.69) is 55.8 Å². The van der Waals surface area contributed by atoms with Gasteiger partial charge in [-0.3, -0.25) is 9.69 Å². The number of aromatic nitrogens is 2. The van der Waals surface area contributed by atoms with Crippen LogP contribution in [0.3, 0.4) is 0 Å².